The summed E-state index contributed by atoms with van der Waals surface area (Å²) in [6.45, 7) is 0. The van der Waals surface area contributed by atoms with Gasteiger partial charge in [-0.1, -0.05) is 0 Å². The van der Waals surface area contributed by atoms with Crippen molar-refractivity contribution < 1.29 is 18.3 Å². The van der Waals surface area contributed by atoms with Gasteiger partial charge in [-0.15, -0.1) is 0 Å². The van der Waals surface area contributed by atoms with Crippen LogP contribution in [0.5, 0.6) is 5.75 Å². The van der Waals surface area contributed by atoms with E-state index < -0.39 is 17.5 Å². The van der Waals surface area contributed by atoms with Crippen molar-refractivity contribution in [1.29, 1.82) is 0 Å². The first kappa shape index (κ1) is 15.2. The maximum atomic E-state index is 13.6. The summed E-state index contributed by atoms with van der Waals surface area (Å²) < 4.78 is 32.2. The molecular formula is C14H11BrF2N2O2. The normalized spacial score (nSPS) is 10.3. The van der Waals surface area contributed by atoms with E-state index in [0.29, 0.717) is 16.3 Å². The minimum absolute atomic E-state index is 0.187. The number of halogens is 3. The molecule has 2 aromatic carbocycles. The van der Waals surface area contributed by atoms with Gasteiger partial charge in [0.15, 0.2) is 5.82 Å². The molecule has 0 aromatic heterocycles. The van der Waals surface area contributed by atoms with Crippen LogP contribution in [0.1, 0.15) is 10.4 Å². The van der Waals surface area contributed by atoms with Crippen molar-refractivity contribution in [1.82, 2.24) is 0 Å². The Morgan fingerprint density at radius 3 is 2.57 bits per heavy atom. The summed E-state index contributed by atoms with van der Waals surface area (Å²) in [7, 11) is 1.49. The fourth-order valence-electron chi connectivity index (χ4n) is 1.72. The van der Waals surface area contributed by atoms with E-state index in [2.05, 4.69) is 21.2 Å². The van der Waals surface area contributed by atoms with E-state index in [1.165, 1.54) is 19.2 Å². The predicted octanol–water partition coefficient (Wildman–Crippen LogP) is 3.57. The smallest absolute Gasteiger partial charge is 0.255 e. The molecule has 0 saturated carbocycles. The summed E-state index contributed by atoms with van der Waals surface area (Å²) in [6, 6.07) is 6.20. The number of methoxy groups -OCH3 is 1. The van der Waals surface area contributed by atoms with Gasteiger partial charge in [-0.25, -0.2) is 8.78 Å². The minimum Gasteiger partial charge on any atom is -0.496 e. The second-order valence-corrected chi connectivity index (χ2v) is 5.01. The van der Waals surface area contributed by atoms with E-state index in [-0.39, 0.29) is 16.9 Å². The maximum Gasteiger partial charge on any atom is 0.255 e. The lowest BCUT2D eigenvalue weighted by atomic mass is 10.2. The molecule has 0 aliphatic heterocycles. The third kappa shape index (κ3) is 3.30. The molecule has 4 nitrogen and oxygen atoms in total. The second-order valence-electron chi connectivity index (χ2n) is 4.16. The Balaban J connectivity index is 2.28. The minimum atomic E-state index is -0.937. The van der Waals surface area contributed by atoms with Gasteiger partial charge in [0.1, 0.15) is 17.3 Å². The lowest BCUT2D eigenvalue weighted by Crippen LogP contribution is -2.14. The number of nitrogens with one attached hydrogen (secondary N) is 1. The topological polar surface area (TPSA) is 64.3 Å². The summed E-state index contributed by atoms with van der Waals surface area (Å²) in [5.74, 6) is -1.77. The van der Waals surface area contributed by atoms with Crippen LogP contribution in [0.3, 0.4) is 0 Å². The third-order valence-corrected chi connectivity index (χ3v) is 3.36. The Kier molecular flexibility index (Phi) is 4.42. The summed E-state index contributed by atoms with van der Waals surface area (Å²) in [6.07, 6.45) is 0. The van der Waals surface area contributed by atoms with Gasteiger partial charge >= 0.3 is 0 Å². The zero-order valence-electron chi connectivity index (χ0n) is 10.9. The van der Waals surface area contributed by atoms with Gasteiger partial charge in [-0.2, -0.15) is 0 Å². The van der Waals surface area contributed by atoms with Gasteiger partial charge in [0.05, 0.1) is 17.3 Å². The Morgan fingerprint density at radius 1 is 1.29 bits per heavy atom. The molecule has 0 saturated heterocycles. The van der Waals surface area contributed by atoms with Crippen LogP contribution in [0.15, 0.2) is 34.8 Å². The van der Waals surface area contributed by atoms with Crippen molar-refractivity contribution >= 4 is 33.2 Å². The molecule has 7 heteroatoms. The molecule has 2 rings (SSSR count). The number of anilines is 2. The average Bonchev–Trinajstić information content (AvgIpc) is 2.42. The number of rotatable bonds is 3. The van der Waals surface area contributed by atoms with Crippen LogP contribution in [0, 0.1) is 11.6 Å². The van der Waals surface area contributed by atoms with Gasteiger partial charge in [0.25, 0.3) is 5.91 Å². The summed E-state index contributed by atoms with van der Waals surface area (Å²) in [5.41, 5.74) is 5.33. The van der Waals surface area contributed by atoms with Gasteiger partial charge in [0.2, 0.25) is 0 Å². The van der Waals surface area contributed by atoms with Crippen LogP contribution in [-0.4, -0.2) is 13.0 Å². The van der Waals surface area contributed by atoms with E-state index in [4.69, 9.17) is 10.5 Å². The van der Waals surface area contributed by atoms with Crippen LogP contribution in [-0.2, 0) is 0 Å². The molecule has 110 valence electrons. The standard InChI is InChI=1S/C14H11BrF2N2O2/c1-21-12-3-2-7(4-9(12)15)14(20)19-13-10(17)5-8(16)6-11(13)18/h2-6H,18H2,1H3,(H,19,20). The fourth-order valence-corrected chi connectivity index (χ4v) is 2.26. The van der Waals surface area contributed by atoms with Gasteiger partial charge in [-0.3, -0.25) is 4.79 Å². The lowest BCUT2D eigenvalue weighted by Gasteiger charge is -2.10. The van der Waals surface area contributed by atoms with Crippen molar-refractivity contribution in [3.05, 3.63) is 52.0 Å². The fraction of sp³-hybridized carbons (Fsp3) is 0.0714. The molecular weight excluding hydrogens is 346 g/mol. The number of ether oxygens (including phenoxy) is 1. The summed E-state index contributed by atoms with van der Waals surface area (Å²) >= 11 is 3.25. The first-order valence-electron chi connectivity index (χ1n) is 5.81. The van der Waals surface area contributed by atoms with E-state index in [0.717, 1.165) is 6.07 Å². The monoisotopic (exact) mass is 356 g/mol. The van der Waals surface area contributed by atoms with Crippen molar-refractivity contribution in [3.63, 3.8) is 0 Å². The molecule has 0 unspecified atom stereocenters. The Hall–Kier alpha value is -2.15. The first-order chi connectivity index (χ1) is 9.92. The van der Waals surface area contributed by atoms with Gasteiger partial charge in [0, 0.05) is 11.6 Å². The maximum absolute atomic E-state index is 13.6. The molecule has 0 aliphatic rings. The highest BCUT2D eigenvalue weighted by molar-refractivity contribution is 9.10. The Labute approximate surface area is 128 Å². The van der Waals surface area contributed by atoms with E-state index in [1.54, 1.807) is 6.07 Å². The second kappa shape index (κ2) is 6.09. The van der Waals surface area contributed by atoms with Crippen molar-refractivity contribution in [2.24, 2.45) is 0 Å². The molecule has 3 N–H and O–H groups in total. The summed E-state index contributed by atoms with van der Waals surface area (Å²) in [4.78, 5) is 12.1. The molecule has 0 heterocycles. The van der Waals surface area contributed by atoms with Crippen LogP contribution < -0.4 is 15.8 Å². The highest BCUT2D eigenvalue weighted by Gasteiger charge is 2.14. The van der Waals surface area contributed by atoms with E-state index in [1.807, 2.05) is 0 Å². The molecule has 2 aromatic rings. The lowest BCUT2D eigenvalue weighted by molar-refractivity contribution is 0.102. The number of amides is 1. The molecule has 0 radical (unpaired) electrons. The van der Waals surface area contributed by atoms with Crippen LogP contribution >= 0.6 is 15.9 Å². The van der Waals surface area contributed by atoms with E-state index >= 15 is 0 Å². The molecule has 0 aliphatic carbocycles. The Morgan fingerprint density at radius 2 is 2.00 bits per heavy atom. The number of hydrogen-bond acceptors (Lipinski definition) is 3. The van der Waals surface area contributed by atoms with Crippen molar-refractivity contribution in [2.75, 3.05) is 18.2 Å². The van der Waals surface area contributed by atoms with Crippen molar-refractivity contribution in [3.8, 4) is 5.75 Å². The zero-order chi connectivity index (χ0) is 15.6. The molecule has 0 fully saturated rings. The largest absolute Gasteiger partial charge is 0.496 e. The zero-order valence-corrected chi connectivity index (χ0v) is 12.5. The van der Waals surface area contributed by atoms with Gasteiger partial charge in [-0.05, 0) is 40.2 Å². The van der Waals surface area contributed by atoms with Crippen LogP contribution in [0.25, 0.3) is 0 Å². The van der Waals surface area contributed by atoms with Gasteiger partial charge < -0.3 is 15.8 Å². The van der Waals surface area contributed by atoms with E-state index in [9.17, 15) is 13.6 Å². The quantitative estimate of drug-likeness (QED) is 0.826. The third-order valence-electron chi connectivity index (χ3n) is 2.74. The summed E-state index contributed by atoms with van der Waals surface area (Å²) in [5, 5.41) is 2.32. The molecule has 0 spiro atoms. The molecule has 0 atom stereocenters. The predicted molar refractivity (Wildman–Crippen MR) is 79.4 cm³/mol. The van der Waals surface area contributed by atoms with Crippen molar-refractivity contribution in [2.45, 2.75) is 0 Å². The number of nitrogen functional groups attached to an aromatic ring is 1. The first-order valence-corrected chi connectivity index (χ1v) is 6.61. The van der Waals surface area contributed by atoms with Crippen LogP contribution in [0.2, 0.25) is 0 Å². The number of carbonyl (C=O) groups excluding carboxylic acids is 1. The highest BCUT2D eigenvalue weighted by atomic mass is 79.9. The average molecular weight is 357 g/mol. The molecule has 0 bridgehead atoms. The highest BCUT2D eigenvalue weighted by Crippen LogP contribution is 2.27. The number of nitrogens with two attached hydrogens (primary N) is 1. The van der Waals surface area contributed by atoms with Crippen LogP contribution in [0.4, 0.5) is 20.2 Å². The number of benzene rings is 2. The SMILES string of the molecule is COc1ccc(C(=O)Nc2c(N)cc(F)cc2F)cc1Br. The number of carbonyl (C=O) groups is 1. The Bertz CT molecular complexity index is 684. The molecule has 1 amide bonds. The number of hydrogen-bond donors (Lipinski definition) is 2. The molecule has 21 heavy (non-hydrogen) atoms.